The highest BCUT2D eigenvalue weighted by molar-refractivity contribution is 7.91. The number of methoxy groups -OCH3 is 1. The molecular formula is C15H16ClNO3S. The van der Waals surface area contributed by atoms with E-state index in [0.717, 1.165) is 11.1 Å². The minimum Gasteiger partial charge on any atom is -0.497 e. The van der Waals surface area contributed by atoms with Crippen LogP contribution < -0.4 is 9.46 Å². The number of hydrogen-bond acceptors (Lipinski definition) is 3. The summed E-state index contributed by atoms with van der Waals surface area (Å²) in [6.07, 6.45) is 0. The molecular weight excluding hydrogens is 310 g/mol. The zero-order valence-corrected chi connectivity index (χ0v) is 13.3. The summed E-state index contributed by atoms with van der Waals surface area (Å²) in [5.41, 5.74) is 2.14. The zero-order chi connectivity index (χ0) is 15.5. The van der Waals surface area contributed by atoms with Crippen LogP contribution in [-0.2, 0) is 15.8 Å². The van der Waals surface area contributed by atoms with Crippen LogP contribution in [0.2, 0.25) is 5.02 Å². The van der Waals surface area contributed by atoms with Crippen LogP contribution in [-0.4, -0.2) is 15.5 Å². The third kappa shape index (κ3) is 4.37. The van der Waals surface area contributed by atoms with E-state index < -0.39 is 10.0 Å². The average Bonchev–Trinajstić information content (AvgIpc) is 2.43. The minimum atomic E-state index is -3.52. The number of ether oxygens (including phenoxy) is 1. The maximum absolute atomic E-state index is 12.2. The lowest BCUT2D eigenvalue weighted by Crippen LogP contribution is -2.15. The Balaban J connectivity index is 2.15. The molecule has 0 aliphatic heterocycles. The molecule has 0 saturated heterocycles. The van der Waals surface area contributed by atoms with Crippen LogP contribution >= 0.6 is 11.6 Å². The summed E-state index contributed by atoms with van der Waals surface area (Å²) >= 11 is 6.03. The monoisotopic (exact) mass is 325 g/mol. The van der Waals surface area contributed by atoms with E-state index in [-0.39, 0.29) is 5.75 Å². The van der Waals surface area contributed by atoms with Gasteiger partial charge in [-0.3, -0.25) is 4.72 Å². The third-order valence-electron chi connectivity index (χ3n) is 2.92. The fourth-order valence-corrected chi connectivity index (χ4v) is 3.30. The van der Waals surface area contributed by atoms with E-state index in [1.54, 1.807) is 30.3 Å². The smallest absolute Gasteiger partial charge is 0.236 e. The summed E-state index contributed by atoms with van der Waals surface area (Å²) in [4.78, 5) is 0. The fourth-order valence-electron chi connectivity index (χ4n) is 1.81. The highest BCUT2D eigenvalue weighted by Crippen LogP contribution is 2.27. The van der Waals surface area contributed by atoms with Crippen molar-refractivity contribution in [3.63, 3.8) is 0 Å². The van der Waals surface area contributed by atoms with Crippen molar-refractivity contribution >= 4 is 27.3 Å². The Labute approximate surface area is 129 Å². The lowest BCUT2D eigenvalue weighted by molar-refractivity contribution is 0.415. The van der Waals surface area contributed by atoms with Gasteiger partial charge in [-0.15, -0.1) is 0 Å². The van der Waals surface area contributed by atoms with Crippen LogP contribution in [0.25, 0.3) is 0 Å². The molecule has 0 saturated carbocycles. The molecule has 4 nitrogen and oxygen atoms in total. The van der Waals surface area contributed by atoms with Crippen molar-refractivity contribution in [3.8, 4) is 5.75 Å². The van der Waals surface area contributed by atoms with Gasteiger partial charge in [-0.1, -0.05) is 41.4 Å². The lowest BCUT2D eigenvalue weighted by atomic mass is 10.2. The maximum atomic E-state index is 12.2. The third-order valence-corrected chi connectivity index (χ3v) is 4.48. The molecule has 6 heteroatoms. The molecule has 0 aliphatic rings. The van der Waals surface area contributed by atoms with E-state index in [0.29, 0.717) is 16.5 Å². The summed E-state index contributed by atoms with van der Waals surface area (Å²) in [6.45, 7) is 1.95. The van der Waals surface area contributed by atoms with E-state index in [2.05, 4.69) is 4.72 Å². The molecule has 0 atom stereocenters. The molecule has 2 rings (SSSR count). The van der Waals surface area contributed by atoms with Crippen LogP contribution in [0.3, 0.4) is 0 Å². The topological polar surface area (TPSA) is 55.4 Å². The van der Waals surface area contributed by atoms with Gasteiger partial charge in [0.1, 0.15) is 5.75 Å². The van der Waals surface area contributed by atoms with Gasteiger partial charge in [0, 0.05) is 6.07 Å². The molecule has 1 N–H and O–H groups in total. The van der Waals surface area contributed by atoms with Gasteiger partial charge in [-0.05, 0) is 24.6 Å². The number of benzene rings is 2. The molecule has 112 valence electrons. The molecule has 0 heterocycles. The minimum absolute atomic E-state index is 0.102. The van der Waals surface area contributed by atoms with Crippen molar-refractivity contribution in [1.29, 1.82) is 0 Å². The Morgan fingerprint density at radius 2 is 1.81 bits per heavy atom. The predicted molar refractivity (Wildman–Crippen MR) is 85.4 cm³/mol. The summed E-state index contributed by atoms with van der Waals surface area (Å²) in [5.74, 6) is 0.469. The second-order valence-electron chi connectivity index (χ2n) is 4.69. The molecule has 0 amide bonds. The Hall–Kier alpha value is -1.72. The lowest BCUT2D eigenvalue weighted by Gasteiger charge is -2.11. The van der Waals surface area contributed by atoms with E-state index in [1.165, 1.54) is 7.11 Å². The van der Waals surface area contributed by atoms with E-state index in [1.807, 2.05) is 19.1 Å². The number of nitrogens with one attached hydrogen (secondary N) is 1. The molecule has 21 heavy (non-hydrogen) atoms. The molecule has 0 fully saturated rings. The van der Waals surface area contributed by atoms with E-state index >= 15 is 0 Å². The molecule has 0 radical (unpaired) electrons. The number of sulfonamides is 1. The van der Waals surface area contributed by atoms with Crippen LogP contribution in [0.1, 0.15) is 11.1 Å². The van der Waals surface area contributed by atoms with Crippen LogP contribution in [0.4, 0.5) is 5.69 Å². The number of halogens is 1. The number of aryl methyl sites for hydroxylation is 1. The maximum Gasteiger partial charge on any atom is 0.236 e. The number of anilines is 1. The first-order valence-corrected chi connectivity index (χ1v) is 8.32. The standard InChI is InChI=1S/C15H16ClNO3S/c1-11-3-5-12(6-4-11)10-21(18,19)17-15-8-7-13(20-2)9-14(15)16/h3-9,17H,10H2,1-2H3. The van der Waals surface area contributed by atoms with Crippen molar-refractivity contribution in [2.24, 2.45) is 0 Å². The number of hydrogen-bond donors (Lipinski definition) is 1. The van der Waals surface area contributed by atoms with Gasteiger partial charge in [-0.2, -0.15) is 0 Å². The quantitative estimate of drug-likeness (QED) is 0.913. The second kappa shape index (κ2) is 6.37. The first-order valence-electron chi connectivity index (χ1n) is 6.29. The fraction of sp³-hybridized carbons (Fsp3) is 0.200. The first kappa shape index (κ1) is 15.7. The summed E-state index contributed by atoms with van der Waals surface area (Å²) in [6, 6.07) is 12.1. The van der Waals surface area contributed by atoms with E-state index in [9.17, 15) is 8.42 Å². The second-order valence-corrected chi connectivity index (χ2v) is 6.82. The normalized spacial score (nSPS) is 11.2. The Morgan fingerprint density at radius 3 is 2.38 bits per heavy atom. The van der Waals surface area contributed by atoms with Crippen LogP contribution in [0.15, 0.2) is 42.5 Å². The van der Waals surface area contributed by atoms with Gasteiger partial charge in [-0.25, -0.2) is 8.42 Å². The average molecular weight is 326 g/mol. The van der Waals surface area contributed by atoms with Crippen molar-refractivity contribution < 1.29 is 13.2 Å². The van der Waals surface area contributed by atoms with Crippen molar-refractivity contribution in [1.82, 2.24) is 0 Å². The van der Waals surface area contributed by atoms with Crippen molar-refractivity contribution in [2.45, 2.75) is 12.7 Å². The van der Waals surface area contributed by atoms with Crippen molar-refractivity contribution in [3.05, 3.63) is 58.6 Å². The highest BCUT2D eigenvalue weighted by Gasteiger charge is 2.14. The largest absolute Gasteiger partial charge is 0.497 e. The van der Waals surface area contributed by atoms with Gasteiger partial charge < -0.3 is 4.74 Å². The van der Waals surface area contributed by atoms with Gasteiger partial charge in [0.05, 0.1) is 23.6 Å². The Bertz CT molecular complexity index is 727. The molecule has 0 aromatic heterocycles. The van der Waals surface area contributed by atoms with Crippen LogP contribution in [0, 0.1) is 6.92 Å². The summed E-state index contributed by atoms with van der Waals surface area (Å²) in [5, 5.41) is 0.293. The zero-order valence-electron chi connectivity index (χ0n) is 11.8. The van der Waals surface area contributed by atoms with Gasteiger partial charge in [0.2, 0.25) is 10.0 Å². The SMILES string of the molecule is COc1ccc(NS(=O)(=O)Cc2ccc(C)cc2)c(Cl)c1. The first-order chi connectivity index (χ1) is 9.89. The molecule has 0 aliphatic carbocycles. The van der Waals surface area contributed by atoms with Crippen molar-refractivity contribution in [2.75, 3.05) is 11.8 Å². The summed E-state index contributed by atoms with van der Waals surface area (Å²) in [7, 11) is -2.00. The molecule has 2 aromatic rings. The van der Waals surface area contributed by atoms with Gasteiger partial charge in [0.15, 0.2) is 0 Å². The predicted octanol–water partition coefficient (Wildman–Crippen LogP) is 3.60. The Morgan fingerprint density at radius 1 is 1.14 bits per heavy atom. The number of rotatable bonds is 5. The highest BCUT2D eigenvalue weighted by atomic mass is 35.5. The molecule has 0 bridgehead atoms. The Kier molecular flexibility index (Phi) is 4.75. The molecule has 0 spiro atoms. The molecule has 2 aromatic carbocycles. The van der Waals surface area contributed by atoms with Gasteiger partial charge in [0.25, 0.3) is 0 Å². The van der Waals surface area contributed by atoms with Gasteiger partial charge >= 0.3 is 0 Å². The van der Waals surface area contributed by atoms with E-state index in [4.69, 9.17) is 16.3 Å². The van der Waals surface area contributed by atoms with Crippen LogP contribution in [0.5, 0.6) is 5.75 Å². The summed E-state index contributed by atoms with van der Waals surface area (Å²) < 4.78 is 31.8. The molecule has 0 unspecified atom stereocenters.